The summed E-state index contributed by atoms with van der Waals surface area (Å²) in [6, 6.07) is 11.0. The van der Waals surface area contributed by atoms with Gasteiger partial charge in [0.05, 0.1) is 28.8 Å². The van der Waals surface area contributed by atoms with E-state index in [9.17, 15) is 13.2 Å². The number of sulfonamides is 1. The van der Waals surface area contributed by atoms with Crippen LogP contribution in [0, 0.1) is 0 Å². The second-order valence-corrected chi connectivity index (χ2v) is 8.68. The molecular formula is C18H17ClN2O5S2. The van der Waals surface area contributed by atoms with Crippen molar-refractivity contribution in [2.75, 3.05) is 13.7 Å². The molecule has 0 saturated carbocycles. The Morgan fingerprint density at radius 1 is 1.21 bits per heavy atom. The average molecular weight is 441 g/mol. The minimum Gasteiger partial charge on any atom is -0.494 e. The van der Waals surface area contributed by atoms with Crippen LogP contribution in [0.4, 0.5) is 0 Å². The third kappa shape index (κ3) is 4.37. The zero-order chi connectivity index (χ0) is 20.3. The van der Waals surface area contributed by atoms with Crippen molar-refractivity contribution in [3.63, 3.8) is 0 Å². The van der Waals surface area contributed by atoms with Gasteiger partial charge in [0.1, 0.15) is 12.3 Å². The second kappa shape index (κ2) is 8.34. The van der Waals surface area contributed by atoms with Crippen molar-refractivity contribution < 1.29 is 22.7 Å². The zero-order valence-corrected chi connectivity index (χ0v) is 17.5. The van der Waals surface area contributed by atoms with E-state index >= 15 is 0 Å². The number of hydrogen-bond acceptors (Lipinski definition) is 6. The fraction of sp³-hybridized carbons (Fsp3) is 0.222. The molecular weight excluding hydrogens is 424 g/mol. The Morgan fingerprint density at radius 2 is 1.93 bits per heavy atom. The smallest absolute Gasteiger partial charge is 0.325 e. The number of esters is 1. The van der Waals surface area contributed by atoms with Crippen LogP contribution < -0.4 is 9.54 Å². The highest BCUT2D eigenvalue weighted by Gasteiger charge is 2.16. The van der Waals surface area contributed by atoms with Crippen molar-refractivity contribution in [1.29, 1.82) is 0 Å². The molecule has 0 aliphatic heterocycles. The lowest BCUT2D eigenvalue weighted by Crippen LogP contribution is -2.22. The van der Waals surface area contributed by atoms with Gasteiger partial charge in [0.2, 0.25) is 4.80 Å². The van der Waals surface area contributed by atoms with Gasteiger partial charge in [0.25, 0.3) is 10.0 Å². The van der Waals surface area contributed by atoms with Crippen LogP contribution in [-0.2, 0) is 26.1 Å². The number of carbonyl (C=O) groups excluding carboxylic acids is 1. The minimum absolute atomic E-state index is 0.00831. The molecule has 0 N–H and O–H groups in total. The van der Waals surface area contributed by atoms with Crippen LogP contribution in [0.5, 0.6) is 5.75 Å². The molecule has 2 aromatic carbocycles. The lowest BCUT2D eigenvalue weighted by atomic mass is 10.3. The average Bonchev–Trinajstić information content (AvgIpc) is 2.98. The largest absolute Gasteiger partial charge is 0.494 e. The lowest BCUT2D eigenvalue weighted by Gasteiger charge is -2.05. The van der Waals surface area contributed by atoms with E-state index in [0.29, 0.717) is 22.9 Å². The number of hydrogen-bond donors (Lipinski definition) is 0. The van der Waals surface area contributed by atoms with Crippen molar-refractivity contribution >= 4 is 49.1 Å². The van der Waals surface area contributed by atoms with Gasteiger partial charge < -0.3 is 14.0 Å². The predicted molar refractivity (Wildman–Crippen MR) is 107 cm³/mol. The van der Waals surface area contributed by atoms with Crippen LogP contribution in [0.15, 0.2) is 51.8 Å². The number of ether oxygens (including phenoxy) is 2. The van der Waals surface area contributed by atoms with Gasteiger partial charge in [-0.15, -0.1) is 4.40 Å². The van der Waals surface area contributed by atoms with Crippen molar-refractivity contribution in [2.45, 2.75) is 18.4 Å². The van der Waals surface area contributed by atoms with Crippen molar-refractivity contribution in [3.05, 3.63) is 52.3 Å². The van der Waals surface area contributed by atoms with Crippen LogP contribution >= 0.6 is 22.9 Å². The summed E-state index contributed by atoms with van der Waals surface area (Å²) in [6.45, 7) is 2.20. The molecule has 1 heterocycles. The lowest BCUT2D eigenvalue weighted by molar-refractivity contribution is -0.141. The van der Waals surface area contributed by atoms with Crippen LogP contribution in [0.2, 0.25) is 5.02 Å². The Balaban J connectivity index is 2.19. The van der Waals surface area contributed by atoms with Crippen molar-refractivity contribution in [1.82, 2.24) is 4.57 Å². The first kappa shape index (κ1) is 20.4. The maximum absolute atomic E-state index is 12.7. The molecule has 0 fully saturated rings. The van der Waals surface area contributed by atoms with E-state index in [4.69, 9.17) is 21.1 Å². The zero-order valence-electron chi connectivity index (χ0n) is 15.1. The van der Waals surface area contributed by atoms with Crippen LogP contribution in [0.3, 0.4) is 0 Å². The van der Waals surface area contributed by atoms with Gasteiger partial charge in [0.15, 0.2) is 0 Å². The highest BCUT2D eigenvalue weighted by molar-refractivity contribution is 7.90. The summed E-state index contributed by atoms with van der Waals surface area (Å²) in [5.74, 6) is 0.132. The molecule has 0 amide bonds. The molecule has 0 spiro atoms. The first-order chi connectivity index (χ1) is 13.3. The number of aromatic nitrogens is 1. The van der Waals surface area contributed by atoms with Gasteiger partial charge in [-0.05, 0) is 49.4 Å². The maximum atomic E-state index is 12.7. The van der Waals surface area contributed by atoms with Gasteiger partial charge in [-0.2, -0.15) is 8.42 Å². The standard InChI is InChI=1S/C18H17ClN2O5S2/c1-3-26-13-6-9-15-16(10-13)27-18(21(15)11-17(22)25-2)20-28(23,24)14-7-4-12(19)5-8-14/h4-10H,3,11H2,1-2H3. The van der Waals surface area contributed by atoms with Gasteiger partial charge in [-0.1, -0.05) is 22.9 Å². The van der Waals surface area contributed by atoms with Gasteiger partial charge >= 0.3 is 5.97 Å². The maximum Gasteiger partial charge on any atom is 0.325 e. The third-order valence-electron chi connectivity index (χ3n) is 3.79. The summed E-state index contributed by atoms with van der Waals surface area (Å²) in [5, 5.41) is 0.421. The molecule has 148 valence electrons. The van der Waals surface area contributed by atoms with Crippen LogP contribution in [0.25, 0.3) is 10.2 Å². The van der Waals surface area contributed by atoms with Gasteiger partial charge in [-0.3, -0.25) is 4.79 Å². The number of fused-ring (bicyclic) bond motifs is 1. The molecule has 0 aliphatic carbocycles. The number of thiazole rings is 1. The number of methoxy groups -OCH3 is 1. The van der Waals surface area contributed by atoms with E-state index in [1.165, 1.54) is 35.9 Å². The molecule has 0 aliphatic rings. The second-order valence-electron chi connectivity index (χ2n) is 5.63. The fourth-order valence-electron chi connectivity index (χ4n) is 2.49. The quantitative estimate of drug-likeness (QED) is 0.549. The molecule has 10 heteroatoms. The van der Waals surface area contributed by atoms with E-state index in [2.05, 4.69) is 4.40 Å². The Morgan fingerprint density at radius 3 is 2.57 bits per heavy atom. The molecule has 3 rings (SSSR count). The molecule has 0 unspecified atom stereocenters. The Bertz CT molecular complexity index is 1180. The Hall–Kier alpha value is -2.36. The summed E-state index contributed by atoms with van der Waals surface area (Å²) >= 11 is 6.97. The summed E-state index contributed by atoms with van der Waals surface area (Å²) in [4.78, 5) is 12.0. The molecule has 28 heavy (non-hydrogen) atoms. The van der Waals surface area contributed by atoms with E-state index < -0.39 is 16.0 Å². The Kier molecular flexibility index (Phi) is 6.07. The summed E-state index contributed by atoms with van der Waals surface area (Å²) in [7, 11) is -2.72. The fourth-order valence-corrected chi connectivity index (χ4v) is 4.88. The topological polar surface area (TPSA) is 87.0 Å². The third-order valence-corrected chi connectivity index (χ3v) is 6.48. The van der Waals surface area contributed by atoms with Crippen molar-refractivity contribution in [3.8, 4) is 5.75 Å². The number of nitrogens with zero attached hydrogens (tertiary/aromatic N) is 2. The monoisotopic (exact) mass is 440 g/mol. The molecule has 0 bridgehead atoms. The highest BCUT2D eigenvalue weighted by Crippen LogP contribution is 2.24. The van der Waals surface area contributed by atoms with E-state index in [-0.39, 0.29) is 16.2 Å². The van der Waals surface area contributed by atoms with E-state index in [1.54, 1.807) is 18.2 Å². The number of benzene rings is 2. The van der Waals surface area contributed by atoms with E-state index in [1.807, 2.05) is 6.92 Å². The molecule has 1 aromatic heterocycles. The highest BCUT2D eigenvalue weighted by atomic mass is 35.5. The molecule has 0 saturated heterocycles. The van der Waals surface area contributed by atoms with Crippen LogP contribution in [-0.4, -0.2) is 32.7 Å². The molecule has 0 radical (unpaired) electrons. The summed E-state index contributed by atoms with van der Waals surface area (Å²) in [6.07, 6.45) is 0. The first-order valence-electron chi connectivity index (χ1n) is 8.23. The Labute approximate surface area is 170 Å². The predicted octanol–water partition coefficient (Wildman–Crippen LogP) is 3.22. The SMILES string of the molecule is CCOc1ccc2c(c1)sc(=NS(=O)(=O)c1ccc(Cl)cc1)n2CC(=O)OC. The summed E-state index contributed by atoms with van der Waals surface area (Å²) in [5.41, 5.74) is 0.656. The van der Waals surface area contributed by atoms with Crippen molar-refractivity contribution in [2.24, 2.45) is 4.40 Å². The molecule has 0 atom stereocenters. The number of carbonyl (C=O) groups is 1. The van der Waals surface area contributed by atoms with Gasteiger partial charge in [0, 0.05) is 5.02 Å². The number of rotatable bonds is 6. The molecule has 3 aromatic rings. The minimum atomic E-state index is -3.99. The summed E-state index contributed by atoms with van der Waals surface area (Å²) < 4.78 is 41.8. The molecule has 7 nitrogen and oxygen atoms in total. The van der Waals surface area contributed by atoms with Crippen LogP contribution in [0.1, 0.15) is 6.92 Å². The normalized spacial score (nSPS) is 12.3. The first-order valence-corrected chi connectivity index (χ1v) is 10.9. The number of halogens is 1. The van der Waals surface area contributed by atoms with Gasteiger partial charge in [-0.25, -0.2) is 0 Å². The van der Waals surface area contributed by atoms with E-state index in [0.717, 1.165) is 16.0 Å².